The Morgan fingerprint density at radius 2 is 1.97 bits per heavy atom. The van der Waals surface area contributed by atoms with E-state index in [0.29, 0.717) is 35.9 Å². The molecule has 1 saturated heterocycles. The van der Waals surface area contributed by atoms with Crippen LogP contribution in [0.1, 0.15) is 46.1 Å². The van der Waals surface area contributed by atoms with Gasteiger partial charge in [-0.25, -0.2) is 4.98 Å². The number of nitriles is 1. The second-order valence-corrected chi connectivity index (χ2v) is 7.63. The van der Waals surface area contributed by atoms with Gasteiger partial charge in [0.2, 0.25) is 0 Å². The molecule has 1 atom stereocenters. The van der Waals surface area contributed by atoms with E-state index in [1.807, 2.05) is 36.4 Å². The monoisotopic (exact) mass is 426 g/mol. The highest BCUT2D eigenvalue weighted by Crippen LogP contribution is 2.27. The van der Waals surface area contributed by atoms with E-state index in [9.17, 15) is 9.59 Å². The smallest absolute Gasteiger partial charge is 0.261 e. The van der Waals surface area contributed by atoms with Crippen molar-refractivity contribution in [1.29, 1.82) is 10.7 Å². The van der Waals surface area contributed by atoms with Crippen molar-refractivity contribution < 1.29 is 4.79 Å². The summed E-state index contributed by atoms with van der Waals surface area (Å²) >= 11 is 0. The van der Waals surface area contributed by atoms with Gasteiger partial charge < -0.3 is 20.6 Å². The van der Waals surface area contributed by atoms with Crippen molar-refractivity contribution in [2.45, 2.75) is 18.8 Å². The highest BCUT2D eigenvalue weighted by Gasteiger charge is 2.28. The predicted octanol–water partition coefficient (Wildman–Crippen LogP) is 3.40. The number of nitrogens with zero attached hydrogens (tertiary/aromatic N) is 3. The number of H-pyrrole nitrogens is 1. The minimum absolute atomic E-state index is 0.111. The highest BCUT2D eigenvalue weighted by atomic mass is 16.2. The van der Waals surface area contributed by atoms with E-state index in [1.165, 1.54) is 0 Å². The normalized spacial score (nSPS) is 15.6. The molecule has 2 aromatic carbocycles. The molecule has 32 heavy (non-hydrogen) atoms. The molecule has 0 spiro atoms. The minimum Gasteiger partial charge on any atom is -0.339 e. The Morgan fingerprint density at radius 1 is 1.22 bits per heavy atom. The van der Waals surface area contributed by atoms with Gasteiger partial charge >= 0.3 is 0 Å². The standard InChI is InChI=1S/C24H22N6O2/c25-13-16-8-10-17(11-9-16)24(32)30-12-4-5-18(15-30)21-28-22(20(14-26)23(31)29-21)27-19-6-2-1-3-7-19/h1-3,6-11,14,18,26H,4-5,12,15H2,(H2,27,28,29,31). The van der Waals surface area contributed by atoms with Crippen molar-refractivity contribution in [2.24, 2.45) is 0 Å². The lowest BCUT2D eigenvalue weighted by Crippen LogP contribution is -2.40. The summed E-state index contributed by atoms with van der Waals surface area (Å²) in [5, 5.41) is 19.7. The van der Waals surface area contributed by atoms with Crippen molar-refractivity contribution in [3.8, 4) is 6.07 Å². The van der Waals surface area contributed by atoms with Crippen molar-refractivity contribution >= 4 is 23.6 Å². The molecule has 1 amide bonds. The number of rotatable bonds is 5. The van der Waals surface area contributed by atoms with E-state index in [-0.39, 0.29) is 22.9 Å². The quantitative estimate of drug-likeness (QED) is 0.539. The topological polar surface area (TPSA) is 126 Å². The molecule has 3 aromatic rings. The summed E-state index contributed by atoms with van der Waals surface area (Å²) in [6.07, 6.45) is 2.56. The molecule has 3 N–H and O–H groups in total. The molecule has 160 valence electrons. The summed E-state index contributed by atoms with van der Waals surface area (Å²) in [6, 6.07) is 18.0. The molecule has 8 heteroatoms. The summed E-state index contributed by atoms with van der Waals surface area (Å²) in [5.41, 5.74) is 1.56. The van der Waals surface area contributed by atoms with Gasteiger partial charge in [-0.2, -0.15) is 5.26 Å². The average Bonchev–Trinajstić information content (AvgIpc) is 2.84. The largest absolute Gasteiger partial charge is 0.339 e. The first-order valence-electron chi connectivity index (χ1n) is 10.3. The minimum atomic E-state index is -0.390. The number of aromatic amines is 1. The third-order valence-corrected chi connectivity index (χ3v) is 5.51. The molecule has 8 nitrogen and oxygen atoms in total. The fourth-order valence-corrected chi connectivity index (χ4v) is 3.84. The Morgan fingerprint density at radius 3 is 2.66 bits per heavy atom. The number of nitrogens with one attached hydrogen (secondary N) is 3. The number of aromatic nitrogens is 2. The third-order valence-electron chi connectivity index (χ3n) is 5.51. The SMILES string of the molecule is N#Cc1ccc(C(=O)N2CCCC(c3nc(Nc4ccccc4)c(C=N)c(=O)[nH]3)C2)cc1. The number of hydrogen-bond acceptors (Lipinski definition) is 6. The van der Waals surface area contributed by atoms with Crippen molar-refractivity contribution in [3.05, 3.63) is 87.5 Å². The van der Waals surface area contributed by atoms with E-state index in [1.54, 1.807) is 29.2 Å². The van der Waals surface area contributed by atoms with E-state index >= 15 is 0 Å². The van der Waals surface area contributed by atoms with Crippen LogP contribution in [0.2, 0.25) is 0 Å². The first-order chi connectivity index (χ1) is 15.6. The second kappa shape index (κ2) is 9.27. The number of likely N-dealkylation sites (tertiary alicyclic amines) is 1. The molecule has 0 aliphatic carbocycles. The maximum Gasteiger partial charge on any atom is 0.261 e. The molecule has 2 heterocycles. The summed E-state index contributed by atoms with van der Waals surface area (Å²) in [6.45, 7) is 1.05. The van der Waals surface area contributed by atoms with Gasteiger partial charge in [0, 0.05) is 36.5 Å². The van der Waals surface area contributed by atoms with Crippen LogP contribution in [0.3, 0.4) is 0 Å². The van der Waals surface area contributed by atoms with Crippen LogP contribution in [0.15, 0.2) is 59.4 Å². The van der Waals surface area contributed by atoms with Gasteiger partial charge in [-0.15, -0.1) is 0 Å². The zero-order valence-corrected chi connectivity index (χ0v) is 17.3. The van der Waals surface area contributed by atoms with Gasteiger partial charge in [-0.1, -0.05) is 18.2 Å². The van der Waals surface area contributed by atoms with E-state index in [4.69, 9.17) is 10.7 Å². The summed E-state index contributed by atoms with van der Waals surface area (Å²) in [4.78, 5) is 34.8. The van der Waals surface area contributed by atoms with Crippen LogP contribution in [0, 0.1) is 16.7 Å². The van der Waals surface area contributed by atoms with Crippen molar-refractivity contribution in [2.75, 3.05) is 18.4 Å². The maximum atomic E-state index is 13.0. The Labute approximate surface area is 185 Å². The molecule has 1 unspecified atom stereocenters. The Bertz CT molecular complexity index is 1230. The molecule has 0 bridgehead atoms. The van der Waals surface area contributed by atoms with Crippen LogP contribution in [0.4, 0.5) is 11.5 Å². The van der Waals surface area contributed by atoms with Crippen LogP contribution in [0.25, 0.3) is 0 Å². The van der Waals surface area contributed by atoms with Crippen molar-refractivity contribution in [3.63, 3.8) is 0 Å². The molecule has 1 aliphatic rings. The Balaban J connectivity index is 1.58. The lowest BCUT2D eigenvalue weighted by atomic mass is 9.96. The van der Waals surface area contributed by atoms with E-state index < -0.39 is 0 Å². The van der Waals surface area contributed by atoms with Gasteiger partial charge in [0.15, 0.2) is 0 Å². The zero-order chi connectivity index (χ0) is 22.5. The number of piperidine rings is 1. The second-order valence-electron chi connectivity index (χ2n) is 7.63. The van der Waals surface area contributed by atoms with E-state index in [0.717, 1.165) is 24.7 Å². The lowest BCUT2D eigenvalue weighted by molar-refractivity contribution is 0.0704. The first kappa shape index (κ1) is 21.0. The summed E-state index contributed by atoms with van der Waals surface area (Å²) in [7, 11) is 0. The number of carbonyl (C=O) groups is 1. The van der Waals surface area contributed by atoms with Crippen LogP contribution in [-0.4, -0.2) is 40.1 Å². The predicted molar refractivity (Wildman–Crippen MR) is 122 cm³/mol. The maximum absolute atomic E-state index is 13.0. The zero-order valence-electron chi connectivity index (χ0n) is 17.3. The molecular formula is C24H22N6O2. The van der Waals surface area contributed by atoms with Gasteiger partial charge in [0.25, 0.3) is 11.5 Å². The Kier molecular flexibility index (Phi) is 6.08. The fourth-order valence-electron chi connectivity index (χ4n) is 3.84. The van der Waals surface area contributed by atoms with Gasteiger partial charge in [-0.3, -0.25) is 9.59 Å². The van der Waals surface area contributed by atoms with Crippen molar-refractivity contribution in [1.82, 2.24) is 14.9 Å². The molecule has 1 aromatic heterocycles. The Hall–Kier alpha value is -4.25. The molecular weight excluding hydrogens is 404 g/mol. The molecule has 1 fully saturated rings. The van der Waals surface area contributed by atoms with Crippen LogP contribution in [-0.2, 0) is 0 Å². The van der Waals surface area contributed by atoms with Crippen LogP contribution >= 0.6 is 0 Å². The summed E-state index contributed by atoms with van der Waals surface area (Å²) in [5.74, 6) is 0.576. The van der Waals surface area contributed by atoms with Gasteiger partial charge in [0.05, 0.1) is 17.2 Å². The summed E-state index contributed by atoms with van der Waals surface area (Å²) < 4.78 is 0. The number of anilines is 2. The van der Waals surface area contributed by atoms with E-state index in [2.05, 4.69) is 15.3 Å². The van der Waals surface area contributed by atoms with Gasteiger partial charge in [0.1, 0.15) is 11.6 Å². The number of hydrogen-bond donors (Lipinski definition) is 3. The number of para-hydroxylation sites is 1. The molecule has 0 radical (unpaired) electrons. The first-order valence-corrected chi connectivity index (χ1v) is 10.3. The highest BCUT2D eigenvalue weighted by molar-refractivity contribution is 5.94. The number of carbonyl (C=O) groups excluding carboxylic acids is 1. The number of benzene rings is 2. The molecule has 4 rings (SSSR count). The van der Waals surface area contributed by atoms with Gasteiger partial charge in [-0.05, 0) is 49.2 Å². The van der Waals surface area contributed by atoms with Crippen LogP contribution in [0.5, 0.6) is 0 Å². The average molecular weight is 426 g/mol. The lowest BCUT2D eigenvalue weighted by Gasteiger charge is -2.32. The van der Waals surface area contributed by atoms with Crippen LogP contribution < -0.4 is 10.9 Å². The number of amides is 1. The fraction of sp³-hybridized carbons (Fsp3) is 0.208. The third kappa shape index (κ3) is 4.42. The molecule has 1 aliphatic heterocycles. The molecule has 0 saturated carbocycles.